The smallest absolute Gasteiger partial charge is 0.407 e. The Kier molecular flexibility index (Phi) is 5.54. The highest BCUT2D eigenvalue weighted by molar-refractivity contribution is 5.81. The molecule has 0 radical (unpaired) electrons. The van der Waals surface area contributed by atoms with Crippen LogP contribution in [0.4, 0.5) is 4.79 Å². The molecule has 7 nitrogen and oxygen atoms in total. The number of hydrogen-bond acceptors (Lipinski definition) is 5. The van der Waals surface area contributed by atoms with Crippen molar-refractivity contribution in [1.29, 1.82) is 5.26 Å². The van der Waals surface area contributed by atoms with Gasteiger partial charge >= 0.3 is 12.1 Å². The van der Waals surface area contributed by atoms with Crippen molar-refractivity contribution in [1.82, 2.24) is 11.1 Å². The lowest BCUT2D eigenvalue weighted by molar-refractivity contribution is -0.167. The Bertz CT molecular complexity index is 424. The first-order valence-corrected chi connectivity index (χ1v) is 6.25. The van der Waals surface area contributed by atoms with Crippen LogP contribution < -0.4 is 6.15 Å². The van der Waals surface area contributed by atoms with Gasteiger partial charge in [0.15, 0.2) is 5.41 Å². The topological polar surface area (TPSA) is 126 Å². The Balaban J connectivity index is 0.00000361. The molecule has 0 aromatic rings. The lowest BCUT2D eigenvalue weighted by Gasteiger charge is -2.40. The molecule has 0 aromatic heterocycles. The molecule has 0 spiro atoms. The van der Waals surface area contributed by atoms with Crippen molar-refractivity contribution < 1.29 is 19.4 Å². The Morgan fingerprint density at radius 3 is 2.35 bits per heavy atom. The molecule has 0 bridgehead atoms. The lowest BCUT2D eigenvalue weighted by Crippen LogP contribution is -2.51. The fraction of sp³-hybridized carbons (Fsp3) is 0.769. The number of carboxylic acid groups (broad SMARTS) is 1. The van der Waals surface area contributed by atoms with Gasteiger partial charge in [-0.2, -0.15) is 5.26 Å². The molecule has 114 valence electrons. The monoisotopic (exact) mass is 285 g/mol. The highest BCUT2D eigenvalue weighted by atomic mass is 16.6. The summed E-state index contributed by atoms with van der Waals surface area (Å²) in [5, 5.41) is 18.3. The highest BCUT2D eigenvalue weighted by Crippen LogP contribution is 2.36. The molecule has 1 saturated heterocycles. The first-order chi connectivity index (χ1) is 8.61. The summed E-state index contributed by atoms with van der Waals surface area (Å²) >= 11 is 0. The standard InChI is InChI=1S/C13H20N2O4.H3N/c1-9-7-13(8-14,5-6-15(9)11(17)18)10(16)19-12(2,3)4;/h9H,5-7H2,1-4H3,(H,17,18);1H3. The van der Waals surface area contributed by atoms with Gasteiger partial charge in [0.2, 0.25) is 0 Å². The van der Waals surface area contributed by atoms with Crippen LogP contribution in [0.15, 0.2) is 0 Å². The van der Waals surface area contributed by atoms with Crippen LogP contribution in [-0.2, 0) is 9.53 Å². The van der Waals surface area contributed by atoms with Crippen LogP contribution >= 0.6 is 0 Å². The fourth-order valence-corrected chi connectivity index (χ4v) is 2.24. The molecule has 2 atom stereocenters. The molecule has 1 rings (SSSR count). The normalized spacial score (nSPS) is 26.1. The molecule has 2 unspecified atom stereocenters. The van der Waals surface area contributed by atoms with Gasteiger partial charge in [-0.05, 0) is 40.5 Å². The molecule has 1 fully saturated rings. The number of ether oxygens (including phenoxy) is 1. The van der Waals surface area contributed by atoms with Crippen molar-refractivity contribution >= 4 is 12.1 Å². The maximum absolute atomic E-state index is 12.2. The molecule has 1 aliphatic rings. The average Bonchev–Trinajstić information content (AvgIpc) is 2.25. The summed E-state index contributed by atoms with van der Waals surface area (Å²) in [5.74, 6) is -0.556. The second-order valence-corrected chi connectivity index (χ2v) is 5.97. The predicted octanol–water partition coefficient (Wildman–Crippen LogP) is 2.16. The number of hydrogen-bond donors (Lipinski definition) is 2. The minimum Gasteiger partial charge on any atom is -0.465 e. The first kappa shape index (κ1) is 18.2. The third-order valence-corrected chi connectivity index (χ3v) is 3.20. The maximum Gasteiger partial charge on any atom is 0.407 e. The second-order valence-electron chi connectivity index (χ2n) is 5.97. The zero-order valence-corrected chi connectivity index (χ0v) is 12.5. The van der Waals surface area contributed by atoms with Crippen LogP contribution in [0, 0.1) is 16.7 Å². The Labute approximate surface area is 119 Å². The van der Waals surface area contributed by atoms with E-state index in [0.29, 0.717) is 0 Å². The van der Waals surface area contributed by atoms with Gasteiger partial charge < -0.3 is 20.9 Å². The molecular formula is C13H23N3O4. The zero-order chi connectivity index (χ0) is 14.8. The SMILES string of the molecule is CC1CC(C#N)(C(=O)OC(C)(C)C)CCN1C(=O)O.N. The minimum atomic E-state index is -1.24. The molecule has 20 heavy (non-hydrogen) atoms. The van der Waals surface area contributed by atoms with E-state index in [0.717, 1.165) is 0 Å². The van der Waals surface area contributed by atoms with Crippen molar-refractivity contribution in [3.05, 3.63) is 0 Å². The van der Waals surface area contributed by atoms with E-state index in [4.69, 9.17) is 9.84 Å². The van der Waals surface area contributed by atoms with Gasteiger partial charge in [-0.3, -0.25) is 4.79 Å². The van der Waals surface area contributed by atoms with Gasteiger partial charge in [-0.1, -0.05) is 0 Å². The average molecular weight is 285 g/mol. The van der Waals surface area contributed by atoms with Gasteiger partial charge in [0.05, 0.1) is 6.07 Å². The van der Waals surface area contributed by atoms with Gasteiger partial charge in [-0.25, -0.2) is 4.79 Å². The van der Waals surface area contributed by atoms with Crippen LogP contribution in [0.3, 0.4) is 0 Å². The lowest BCUT2D eigenvalue weighted by atomic mass is 9.76. The van der Waals surface area contributed by atoms with Gasteiger partial charge in [-0.15, -0.1) is 0 Å². The number of amides is 1. The van der Waals surface area contributed by atoms with E-state index >= 15 is 0 Å². The summed E-state index contributed by atoms with van der Waals surface area (Å²) in [6, 6.07) is 1.66. The van der Waals surface area contributed by atoms with E-state index in [1.54, 1.807) is 27.7 Å². The summed E-state index contributed by atoms with van der Waals surface area (Å²) in [6.45, 7) is 7.09. The number of carbonyl (C=O) groups excluding carboxylic acids is 1. The molecule has 7 heteroatoms. The van der Waals surface area contributed by atoms with Crippen LogP contribution in [0.1, 0.15) is 40.5 Å². The molecular weight excluding hydrogens is 262 g/mol. The Morgan fingerprint density at radius 2 is 2.00 bits per heavy atom. The molecule has 4 N–H and O–H groups in total. The maximum atomic E-state index is 12.2. The number of nitrogens with zero attached hydrogens (tertiary/aromatic N) is 2. The number of piperidine rings is 1. The quantitative estimate of drug-likeness (QED) is 0.711. The van der Waals surface area contributed by atoms with Gasteiger partial charge in [0.1, 0.15) is 5.60 Å². The summed E-state index contributed by atoms with van der Waals surface area (Å²) < 4.78 is 5.29. The molecule has 0 aliphatic carbocycles. The van der Waals surface area contributed by atoms with Crippen LogP contribution in [0.2, 0.25) is 0 Å². The zero-order valence-electron chi connectivity index (χ0n) is 12.5. The fourth-order valence-electron chi connectivity index (χ4n) is 2.24. The van der Waals surface area contributed by atoms with Crippen LogP contribution in [0.5, 0.6) is 0 Å². The molecule has 0 saturated carbocycles. The van der Waals surface area contributed by atoms with Crippen LogP contribution in [0.25, 0.3) is 0 Å². The molecule has 0 aromatic carbocycles. The summed E-state index contributed by atoms with van der Waals surface area (Å²) in [6.07, 6.45) is -0.678. The second kappa shape index (κ2) is 6.09. The summed E-state index contributed by atoms with van der Waals surface area (Å²) in [4.78, 5) is 24.4. The van der Waals surface area contributed by atoms with E-state index in [1.165, 1.54) is 4.90 Å². The van der Waals surface area contributed by atoms with E-state index in [9.17, 15) is 14.9 Å². The van der Waals surface area contributed by atoms with E-state index in [1.807, 2.05) is 6.07 Å². The number of likely N-dealkylation sites (tertiary alicyclic amines) is 1. The largest absolute Gasteiger partial charge is 0.465 e. The van der Waals surface area contributed by atoms with Crippen molar-refractivity contribution in [2.75, 3.05) is 6.54 Å². The Morgan fingerprint density at radius 1 is 1.45 bits per heavy atom. The van der Waals surface area contributed by atoms with Crippen LogP contribution in [-0.4, -0.2) is 40.3 Å². The number of esters is 1. The van der Waals surface area contributed by atoms with Crippen molar-refractivity contribution in [3.8, 4) is 6.07 Å². The van der Waals surface area contributed by atoms with Crippen molar-refractivity contribution in [3.63, 3.8) is 0 Å². The Hall–Kier alpha value is -1.81. The number of carbonyl (C=O) groups is 2. The third-order valence-electron chi connectivity index (χ3n) is 3.20. The van der Waals surface area contributed by atoms with Crippen molar-refractivity contribution in [2.24, 2.45) is 5.41 Å². The number of nitriles is 1. The summed E-state index contributed by atoms with van der Waals surface area (Å²) in [5.41, 5.74) is -1.90. The molecule has 1 heterocycles. The van der Waals surface area contributed by atoms with Gasteiger partial charge in [0, 0.05) is 12.6 Å². The third kappa shape index (κ3) is 3.84. The van der Waals surface area contributed by atoms with Crippen molar-refractivity contribution in [2.45, 2.75) is 52.2 Å². The molecule has 1 amide bonds. The summed E-state index contributed by atoms with van der Waals surface area (Å²) in [7, 11) is 0. The number of rotatable bonds is 1. The minimum absolute atomic E-state index is 0. The molecule has 1 aliphatic heterocycles. The first-order valence-electron chi connectivity index (χ1n) is 6.25. The highest BCUT2D eigenvalue weighted by Gasteiger charge is 2.48. The van der Waals surface area contributed by atoms with E-state index in [2.05, 4.69) is 0 Å². The van der Waals surface area contributed by atoms with E-state index in [-0.39, 0.29) is 31.6 Å². The van der Waals surface area contributed by atoms with Gasteiger partial charge in [0.25, 0.3) is 0 Å². The van der Waals surface area contributed by atoms with E-state index < -0.39 is 23.1 Å². The predicted molar refractivity (Wildman–Crippen MR) is 72.3 cm³/mol.